The maximum Gasteiger partial charge on any atom is 0.307 e. The molecule has 0 aliphatic rings. The van der Waals surface area contributed by atoms with Crippen molar-refractivity contribution in [1.29, 1.82) is 0 Å². The second kappa shape index (κ2) is 4.54. The van der Waals surface area contributed by atoms with Crippen LogP contribution in [0.25, 0.3) is 6.08 Å². The largest absolute Gasteiger partial charge is 0.481 e. The number of nitrogens with two attached hydrogens (primary N) is 1. The second-order valence-corrected chi connectivity index (χ2v) is 2.87. The Balaban J connectivity index is 2.92. The highest BCUT2D eigenvalue weighted by Crippen LogP contribution is 2.18. The highest BCUT2D eigenvalue weighted by atomic mass is 19.2. The van der Waals surface area contributed by atoms with E-state index in [0.29, 0.717) is 0 Å². The molecule has 0 spiro atoms. The molecule has 1 rings (SSSR count). The number of hydrogen-bond acceptors (Lipinski definition) is 2. The lowest BCUT2D eigenvalue weighted by Crippen LogP contribution is -1.96. The quantitative estimate of drug-likeness (QED) is 0.755. The van der Waals surface area contributed by atoms with Crippen molar-refractivity contribution in [1.82, 2.24) is 0 Å². The first-order valence-electron chi connectivity index (χ1n) is 4.14. The summed E-state index contributed by atoms with van der Waals surface area (Å²) >= 11 is 0. The summed E-state index contributed by atoms with van der Waals surface area (Å²) in [4.78, 5) is 10.2. The highest BCUT2D eigenvalue weighted by Gasteiger charge is 2.08. The van der Waals surface area contributed by atoms with Crippen LogP contribution in [-0.4, -0.2) is 11.1 Å². The Kier molecular flexibility index (Phi) is 3.38. The molecule has 3 N–H and O–H groups in total. The summed E-state index contributed by atoms with van der Waals surface area (Å²) in [5.41, 5.74) is 4.83. The molecular weight excluding hydrogens is 204 g/mol. The molecule has 0 saturated heterocycles. The summed E-state index contributed by atoms with van der Waals surface area (Å²) in [7, 11) is 0. The van der Waals surface area contributed by atoms with Gasteiger partial charge in [0.15, 0.2) is 11.6 Å². The fraction of sp³-hybridized carbons (Fsp3) is 0.100. The predicted octanol–water partition coefficient (Wildman–Crippen LogP) is 2.03. The minimum Gasteiger partial charge on any atom is -0.481 e. The minimum absolute atomic E-state index is 0.0250. The van der Waals surface area contributed by atoms with Crippen molar-refractivity contribution < 1.29 is 18.7 Å². The number of nitrogen functional groups attached to an aromatic ring is 1. The zero-order chi connectivity index (χ0) is 11.4. The molecule has 0 aromatic heterocycles. The SMILES string of the molecule is Nc1ccc(C=CCC(=O)O)c(F)c1F. The van der Waals surface area contributed by atoms with E-state index in [1.54, 1.807) is 0 Å². The van der Waals surface area contributed by atoms with E-state index in [0.717, 1.165) is 0 Å². The van der Waals surface area contributed by atoms with Gasteiger partial charge in [0.2, 0.25) is 0 Å². The number of rotatable bonds is 3. The van der Waals surface area contributed by atoms with Gasteiger partial charge in [-0.05, 0) is 12.1 Å². The van der Waals surface area contributed by atoms with E-state index < -0.39 is 17.6 Å². The molecule has 0 bridgehead atoms. The molecule has 80 valence electrons. The van der Waals surface area contributed by atoms with Gasteiger partial charge >= 0.3 is 5.97 Å². The molecule has 3 nitrogen and oxygen atoms in total. The number of carboxylic acid groups (broad SMARTS) is 1. The third-order valence-electron chi connectivity index (χ3n) is 1.73. The Labute approximate surface area is 84.8 Å². The van der Waals surface area contributed by atoms with Crippen LogP contribution in [0.3, 0.4) is 0 Å². The van der Waals surface area contributed by atoms with Crippen LogP contribution in [0.2, 0.25) is 0 Å². The number of benzene rings is 1. The van der Waals surface area contributed by atoms with Gasteiger partial charge in [0.05, 0.1) is 12.1 Å². The first-order chi connectivity index (χ1) is 7.02. The molecule has 0 atom stereocenters. The fourth-order valence-corrected chi connectivity index (χ4v) is 0.995. The van der Waals surface area contributed by atoms with Crippen molar-refractivity contribution >= 4 is 17.7 Å². The number of carbonyl (C=O) groups is 1. The van der Waals surface area contributed by atoms with Crippen LogP contribution in [0.5, 0.6) is 0 Å². The summed E-state index contributed by atoms with van der Waals surface area (Å²) in [6, 6.07) is 2.50. The van der Waals surface area contributed by atoms with Gasteiger partial charge in [0.25, 0.3) is 0 Å². The van der Waals surface area contributed by atoms with Crippen LogP contribution in [-0.2, 0) is 4.79 Å². The van der Waals surface area contributed by atoms with Crippen LogP contribution in [0.1, 0.15) is 12.0 Å². The molecular formula is C10H9F2NO2. The number of carboxylic acids is 1. The number of aliphatic carboxylic acids is 1. The van der Waals surface area contributed by atoms with Gasteiger partial charge in [0.1, 0.15) is 0 Å². The summed E-state index contributed by atoms with van der Waals surface area (Å²) < 4.78 is 26.1. The smallest absolute Gasteiger partial charge is 0.307 e. The molecule has 0 unspecified atom stereocenters. The van der Waals surface area contributed by atoms with Crippen molar-refractivity contribution in [3.8, 4) is 0 Å². The Bertz CT molecular complexity index is 416. The zero-order valence-electron chi connectivity index (χ0n) is 7.71. The standard InChI is InChI=1S/C10H9F2NO2/c11-9-6(2-1-3-8(14)15)4-5-7(13)10(9)12/h1-2,4-5H,3,13H2,(H,14,15). The van der Waals surface area contributed by atoms with Crippen LogP contribution in [0, 0.1) is 11.6 Å². The van der Waals surface area contributed by atoms with Crippen molar-refractivity contribution in [2.24, 2.45) is 0 Å². The number of hydrogen-bond donors (Lipinski definition) is 2. The van der Waals surface area contributed by atoms with Gasteiger partial charge in [-0.25, -0.2) is 8.78 Å². The number of halogens is 2. The highest BCUT2D eigenvalue weighted by molar-refractivity contribution is 5.70. The first kappa shape index (κ1) is 11.2. The van der Waals surface area contributed by atoms with E-state index in [1.165, 1.54) is 24.3 Å². The average molecular weight is 213 g/mol. The maximum absolute atomic E-state index is 13.1. The topological polar surface area (TPSA) is 63.3 Å². The van der Waals surface area contributed by atoms with Gasteiger partial charge in [0, 0.05) is 5.56 Å². The molecule has 0 aliphatic heterocycles. The molecule has 0 fully saturated rings. The third kappa shape index (κ3) is 2.77. The summed E-state index contributed by atoms with van der Waals surface area (Å²) in [6.45, 7) is 0. The van der Waals surface area contributed by atoms with Crippen LogP contribution in [0.4, 0.5) is 14.5 Å². The Hall–Kier alpha value is -1.91. The van der Waals surface area contributed by atoms with Crippen molar-refractivity contribution in [3.63, 3.8) is 0 Å². The third-order valence-corrected chi connectivity index (χ3v) is 1.73. The summed E-state index contributed by atoms with van der Waals surface area (Å²) in [5, 5.41) is 8.32. The minimum atomic E-state index is -1.12. The van der Waals surface area contributed by atoms with Crippen molar-refractivity contribution in [3.05, 3.63) is 35.4 Å². The zero-order valence-corrected chi connectivity index (χ0v) is 7.71. The van der Waals surface area contributed by atoms with E-state index in [-0.39, 0.29) is 17.7 Å². The van der Waals surface area contributed by atoms with Crippen LogP contribution < -0.4 is 5.73 Å². The molecule has 1 aromatic rings. The lowest BCUT2D eigenvalue weighted by Gasteiger charge is -2.00. The molecule has 1 aromatic carbocycles. The molecule has 0 heterocycles. The Morgan fingerprint density at radius 3 is 2.67 bits per heavy atom. The molecule has 0 saturated carbocycles. The van der Waals surface area contributed by atoms with Gasteiger partial charge in [-0.1, -0.05) is 12.2 Å². The summed E-state index contributed by atoms with van der Waals surface area (Å²) in [5.74, 6) is -3.23. The first-order valence-corrected chi connectivity index (χ1v) is 4.14. The molecule has 0 radical (unpaired) electrons. The molecule has 15 heavy (non-hydrogen) atoms. The molecule has 0 aliphatic carbocycles. The van der Waals surface area contributed by atoms with Crippen molar-refractivity contribution in [2.75, 3.05) is 5.73 Å². The van der Waals surface area contributed by atoms with E-state index >= 15 is 0 Å². The van der Waals surface area contributed by atoms with E-state index in [2.05, 4.69) is 0 Å². The normalized spacial score (nSPS) is 10.8. The van der Waals surface area contributed by atoms with Crippen molar-refractivity contribution in [2.45, 2.75) is 6.42 Å². The van der Waals surface area contributed by atoms with E-state index in [9.17, 15) is 13.6 Å². The maximum atomic E-state index is 13.1. The monoisotopic (exact) mass is 213 g/mol. The Morgan fingerprint density at radius 1 is 1.40 bits per heavy atom. The van der Waals surface area contributed by atoms with Gasteiger partial charge in [-0.2, -0.15) is 0 Å². The average Bonchev–Trinajstić information content (AvgIpc) is 2.18. The lowest BCUT2D eigenvalue weighted by atomic mass is 10.1. The predicted molar refractivity (Wildman–Crippen MR) is 52.1 cm³/mol. The van der Waals surface area contributed by atoms with E-state index in [4.69, 9.17) is 10.8 Å². The van der Waals surface area contributed by atoms with Crippen LogP contribution in [0.15, 0.2) is 18.2 Å². The summed E-state index contributed by atoms with van der Waals surface area (Å²) in [6.07, 6.45) is 2.19. The molecule has 5 heteroatoms. The van der Waals surface area contributed by atoms with E-state index in [1.807, 2.05) is 0 Å². The van der Waals surface area contributed by atoms with Gasteiger partial charge < -0.3 is 10.8 Å². The molecule has 0 amide bonds. The van der Waals surface area contributed by atoms with Gasteiger partial charge in [-0.15, -0.1) is 0 Å². The second-order valence-electron chi connectivity index (χ2n) is 2.87. The Morgan fingerprint density at radius 2 is 2.07 bits per heavy atom. The fourth-order valence-electron chi connectivity index (χ4n) is 0.995. The number of anilines is 1. The lowest BCUT2D eigenvalue weighted by molar-refractivity contribution is -0.135. The van der Waals surface area contributed by atoms with Crippen LogP contribution >= 0.6 is 0 Å². The van der Waals surface area contributed by atoms with Gasteiger partial charge in [-0.3, -0.25) is 4.79 Å².